The first-order valence-corrected chi connectivity index (χ1v) is 9.14. The molecule has 8 heteroatoms. The minimum absolute atomic E-state index is 0.0874. The molecule has 0 saturated carbocycles. The minimum Gasteiger partial charge on any atom is -0.336 e. The lowest BCUT2D eigenvalue weighted by molar-refractivity contribution is 0.0698. The average Bonchev–Trinajstić information content (AvgIpc) is 3.10. The zero-order valence-electron chi connectivity index (χ0n) is 11.8. The molecule has 1 fully saturated rings. The molecule has 0 aromatic carbocycles. The molecule has 1 saturated heterocycles. The highest BCUT2D eigenvalue weighted by molar-refractivity contribution is 7.91. The molecule has 0 unspecified atom stereocenters. The van der Waals surface area contributed by atoms with Crippen LogP contribution in [0.25, 0.3) is 0 Å². The molecule has 3 heterocycles. The maximum absolute atomic E-state index is 12.4. The Kier molecular flexibility index (Phi) is 4.23. The van der Waals surface area contributed by atoms with Crippen molar-refractivity contribution in [3.8, 4) is 0 Å². The number of hydrogen-bond donors (Lipinski definition) is 0. The first-order chi connectivity index (χ1) is 10.6. The third kappa shape index (κ3) is 2.90. The summed E-state index contributed by atoms with van der Waals surface area (Å²) < 4.78 is 26.6. The molecule has 0 aliphatic carbocycles. The molecule has 1 amide bonds. The summed E-state index contributed by atoms with van der Waals surface area (Å²) >= 11 is 1.21. The van der Waals surface area contributed by atoms with Crippen molar-refractivity contribution in [1.29, 1.82) is 0 Å². The van der Waals surface area contributed by atoms with Crippen molar-refractivity contribution >= 4 is 27.3 Å². The van der Waals surface area contributed by atoms with Crippen LogP contribution < -0.4 is 0 Å². The summed E-state index contributed by atoms with van der Waals surface area (Å²) in [5.41, 5.74) is 0.574. The van der Waals surface area contributed by atoms with Gasteiger partial charge in [-0.05, 0) is 23.6 Å². The quantitative estimate of drug-likeness (QED) is 0.846. The van der Waals surface area contributed by atoms with Crippen LogP contribution in [0, 0.1) is 0 Å². The van der Waals surface area contributed by atoms with Crippen LogP contribution in [0.4, 0.5) is 0 Å². The van der Waals surface area contributed by atoms with Gasteiger partial charge in [-0.2, -0.15) is 4.31 Å². The number of rotatable bonds is 3. The van der Waals surface area contributed by atoms with E-state index in [-0.39, 0.29) is 5.91 Å². The number of aromatic nitrogens is 1. The molecule has 22 heavy (non-hydrogen) atoms. The van der Waals surface area contributed by atoms with E-state index in [9.17, 15) is 13.2 Å². The second kappa shape index (κ2) is 6.15. The number of nitrogens with zero attached hydrogens (tertiary/aromatic N) is 3. The minimum atomic E-state index is -3.43. The van der Waals surface area contributed by atoms with Gasteiger partial charge in [0.2, 0.25) is 0 Å². The Morgan fingerprint density at radius 2 is 1.77 bits per heavy atom. The van der Waals surface area contributed by atoms with Crippen LogP contribution in [0.2, 0.25) is 0 Å². The van der Waals surface area contributed by atoms with Gasteiger partial charge < -0.3 is 4.90 Å². The van der Waals surface area contributed by atoms with Crippen molar-refractivity contribution in [2.45, 2.75) is 4.21 Å². The number of sulfonamides is 1. The smallest absolute Gasteiger partial charge is 0.254 e. The van der Waals surface area contributed by atoms with Crippen LogP contribution in [0.15, 0.2) is 46.2 Å². The Labute approximate surface area is 133 Å². The molecule has 1 aliphatic rings. The lowest BCUT2D eigenvalue weighted by Crippen LogP contribution is -2.50. The molecule has 0 spiro atoms. The van der Waals surface area contributed by atoms with Gasteiger partial charge in [0.25, 0.3) is 15.9 Å². The molecule has 116 valence electrons. The molecular weight excluding hydrogens is 322 g/mol. The summed E-state index contributed by atoms with van der Waals surface area (Å²) in [4.78, 5) is 17.9. The molecule has 2 aromatic rings. The van der Waals surface area contributed by atoms with Crippen LogP contribution in [0.5, 0.6) is 0 Å². The fourth-order valence-corrected chi connectivity index (χ4v) is 4.91. The lowest BCUT2D eigenvalue weighted by Gasteiger charge is -2.33. The predicted octanol–water partition coefficient (Wildman–Crippen LogP) is 1.29. The van der Waals surface area contributed by atoms with Gasteiger partial charge in [0.15, 0.2) is 0 Å². The summed E-state index contributed by atoms with van der Waals surface area (Å²) in [6.45, 7) is 1.42. The number of piperazine rings is 1. The largest absolute Gasteiger partial charge is 0.336 e. The molecule has 6 nitrogen and oxygen atoms in total. The first-order valence-electron chi connectivity index (χ1n) is 6.82. The Morgan fingerprint density at radius 1 is 1.09 bits per heavy atom. The monoisotopic (exact) mass is 337 g/mol. The van der Waals surface area contributed by atoms with E-state index < -0.39 is 10.0 Å². The third-order valence-corrected chi connectivity index (χ3v) is 6.81. The van der Waals surface area contributed by atoms with E-state index in [2.05, 4.69) is 4.98 Å². The molecule has 3 rings (SSSR count). The fraction of sp³-hybridized carbons (Fsp3) is 0.286. The topological polar surface area (TPSA) is 70.6 Å². The van der Waals surface area contributed by atoms with Crippen LogP contribution in [0.3, 0.4) is 0 Å². The van der Waals surface area contributed by atoms with E-state index in [4.69, 9.17) is 0 Å². The second-order valence-corrected chi connectivity index (χ2v) is 7.98. The van der Waals surface area contributed by atoms with Gasteiger partial charge in [0.05, 0.1) is 0 Å². The van der Waals surface area contributed by atoms with Gasteiger partial charge in [0.1, 0.15) is 4.21 Å². The number of carbonyl (C=O) groups excluding carboxylic acids is 1. The molecule has 0 N–H and O–H groups in total. The van der Waals surface area contributed by atoms with Gasteiger partial charge in [-0.1, -0.05) is 6.07 Å². The molecule has 0 atom stereocenters. The highest BCUT2D eigenvalue weighted by Crippen LogP contribution is 2.22. The molecular formula is C14H15N3O3S2. The zero-order valence-corrected chi connectivity index (χ0v) is 13.4. The maximum Gasteiger partial charge on any atom is 0.254 e. The summed E-state index contributed by atoms with van der Waals surface area (Å²) in [7, 11) is -3.43. The van der Waals surface area contributed by atoms with Crippen molar-refractivity contribution in [1.82, 2.24) is 14.2 Å². The van der Waals surface area contributed by atoms with Crippen molar-refractivity contribution in [3.63, 3.8) is 0 Å². The standard InChI is InChI=1S/C14H15N3O3S2/c18-14(12-3-5-15-6-4-12)16-7-9-17(10-8-16)22(19,20)13-2-1-11-21-13/h1-6,11H,7-10H2. The Bertz CT molecular complexity index is 737. The Balaban J connectivity index is 1.67. The highest BCUT2D eigenvalue weighted by Gasteiger charge is 2.30. The number of carbonyl (C=O) groups is 1. The maximum atomic E-state index is 12.4. The number of hydrogen-bond acceptors (Lipinski definition) is 5. The van der Waals surface area contributed by atoms with E-state index >= 15 is 0 Å². The van der Waals surface area contributed by atoms with Gasteiger partial charge in [-0.25, -0.2) is 8.42 Å². The summed E-state index contributed by atoms with van der Waals surface area (Å²) in [6.07, 6.45) is 3.15. The fourth-order valence-electron chi connectivity index (χ4n) is 2.35. The zero-order chi connectivity index (χ0) is 15.6. The summed E-state index contributed by atoms with van der Waals surface area (Å²) in [5.74, 6) is -0.0874. The molecule has 1 aliphatic heterocycles. The van der Waals surface area contributed by atoms with E-state index in [0.717, 1.165) is 0 Å². The highest BCUT2D eigenvalue weighted by atomic mass is 32.2. The van der Waals surface area contributed by atoms with Crippen molar-refractivity contribution < 1.29 is 13.2 Å². The summed E-state index contributed by atoms with van der Waals surface area (Å²) in [6, 6.07) is 6.66. The van der Waals surface area contributed by atoms with Gasteiger partial charge in [-0.3, -0.25) is 9.78 Å². The predicted molar refractivity (Wildman–Crippen MR) is 83.2 cm³/mol. The van der Waals surface area contributed by atoms with Crippen molar-refractivity contribution in [2.75, 3.05) is 26.2 Å². The van der Waals surface area contributed by atoms with Crippen LogP contribution in [0.1, 0.15) is 10.4 Å². The van der Waals surface area contributed by atoms with Crippen molar-refractivity contribution in [2.24, 2.45) is 0 Å². The van der Waals surface area contributed by atoms with E-state index in [1.165, 1.54) is 15.6 Å². The van der Waals surface area contributed by atoms with E-state index in [1.807, 2.05) is 0 Å². The normalized spacial score (nSPS) is 16.6. The van der Waals surface area contributed by atoms with E-state index in [1.54, 1.807) is 46.9 Å². The molecule has 0 radical (unpaired) electrons. The summed E-state index contributed by atoms with van der Waals surface area (Å²) in [5, 5.41) is 1.75. The molecule has 0 bridgehead atoms. The Morgan fingerprint density at radius 3 is 2.36 bits per heavy atom. The van der Waals surface area contributed by atoms with Crippen LogP contribution in [-0.4, -0.2) is 54.7 Å². The van der Waals surface area contributed by atoms with Gasteiger partial charge in [-0.15, -0.1) is 11.3 Å². The number of amides is 1. The van der Waals surface area contributed by atoms with Gasteiger partial charge >= 0.3 is 0 Å². The van der Waals surface area contributed by atoms with E-state index in [0.29, 0.717) is 36.0 Å². The SMILES string of the molecule is O=C(c1ccncc1)N1CCN(S(=O)(=O)c2cccs2)CC1. The Hall–Kier alpha value is -1.77. The lowest BCUT2D eigenvalue weighted by atomic mass is 10.2. The second-order valence-electron chi connectivity index (χ2n) is 4.86. The van der Waals surface area contributed by atoms with Crippen LogP contribution in [-0.2, 0) is 10.0 Å². The number of pyridine rings is 1. The third-order valence-electron chi connectivity index (χ3n) is 3.54. The van der Waals surface area contributed by atoms with Crippen LogP contribution >= 0.6 is 11.3 Å². The molecule has 2 aromatic heterocycles. The number of thiophene rings is 1. The first kappa shape index (κ1) is 15.1. The van der Waals surface area contributed by atoms with Gasteiger partial charge in [0, 0.05) is 44.1 Å². The average molecular weight is 337 g/mol. The van der Waals surface area contributed by atoms with Crippen molar-refractivity contribution in [3.05, 3.63) is 47.6 Å².